The second kappa shape index (κ2) is 6.94. The number of carbonyl (C=O) groups is 1. The molecule has 1 aromatic carbocycles. The Balaban J connectivity index is 1.71. The summed E-state index contributed by atoms with van der Waals surface area (Å²) >= 11 is 0. The van der Waals surface area contributed by atoms with Gasteiger partial charge in [-0.05, 0) is 49.4 Å². The normalized spacial score (nSPS) is 19.2. The third-order valence-corrected chi connectivity index (χ3v) is 5.35. The average Bonchev–Trinajstić information content (AvgIpc) is 3.17. The summed E-state index contributed by atoms with van der Waals surface area (Å²) in [6, 6.07) is 4.37. The third kappa shape index (κ3) is 3.00. The Kier molecular flexibility index (Phi) is 4.49. The molecular formula is C20H25N5O. The van der Waals surface area contributed by atoms with E-state index in [1.54, 1.807) is 0 Å². The number of nitrogens with one attached hydrogen (secondary N) is 2. The Morgan fingerprint density at radius 3 is 2.65 bits per heavy atom. The van der Waals surface area contributed by atoms with E-state index in [-0.39, 0.29) is 11.8 Å². The van der Waals surface area contributed by atoms with Crippen LogP contribution in [0.25, 0.3) is 0 Å². The summed E-state index contributed by atoms with van der Waals surface area (Å²) in [5, 5.41) is 6.21. The Labute approximate surface area is 154 Å². The Morgan fingerprint density at radius 1 is 1.23 bits per heavy atom. The monoisotopic (exact) mass is 351 g/mol. The summed E-state index contributed by atoms with van der Waals surface area (Å²) in [7, 11) is 0. The van der Waals surface area contributed by atoms with Gasteiger partial charge in [-0.3, -0.25) is 4.79 Å². The van der Waals surface area contributed by atoms with Crippen LogP contribution >= 0.6 is 0 Å². The van der Waals surface area contributed by atoms with Crippen molar-refractivity contribution in [2.75, 3.05) is 35.2 Å². The van der Waals surface area contributed by atoms with Gasteiger partial charge in [-0.1, -0.05) is 6.07 Å². The topological polar surface area (TPSA) is 70.2 Å². The van der Waals surface area contributed by atoms with E-state index in [1.807, 2.05) is 19.3 Å². The first-order valence-corrected chi connectivity index (χ1v) is 9.41. The van der Waals surface area contributed by atoms with Crippen molar-refractivity contribution in [3.8, 4) is 0 Å². The summed E-state index contributed by atoms with van der Waals surface area (Å²) in [6.45, 7) is 7.10. The number of anilines is 3. The molecule has 1 atom stereocenters. The van der Waals surface area contributed by atoms with Crippen LogP contribution < -0.4 is 15.5 Å². The summed E-state index contributed by atoms with van der Waals surface area (Å²) in [5.41, 5.74) is 5.50. The largest absolute Gasteiger partial charge is 0.371 e. The van der Waals surface area contributed by atoms with Gasteiger partial charge in [-0.25, -0.2) is 9.97 Å². The molecule has 2 aliphatic heterocycles. The van der Waals surface area contributed by atoms with Crippen molar-refractivity contribution in [2.45, 2.75) is 39.0 Å². The molecule has 0 bridgehead atoms. The highest BCUT2D eigenvalue weighted by Gasteiger charge is 2.30. The van der Waals surface area contributed by atoms with Crippen LogP contribution in [0.4, 0.5) is 17.3 Å². The third-order valence-electron chi connectivity index (χ3n) is 5.35. The van der Waals surface area contributed by atoms with Gasteiger partial charge in [0, 0.05) is 55.7 Å². The van der Waals surface area contributed by atoms with Crippen molar-refractivity contribution in [1.82, 2.24) is 9.97 Å². The molecule has 3 heterocycles. The molecule has 0 aliphatic carbocycles. The van der Waals surface area contributed by atoms with Crippen LogP contribution in [0.15, 0.2) is 24.5 Å². The van der Waals surface area contributed by atoms with E-state index in [4.69, 9.17) is 0 Å². The number of carbonyl (C=O) groups excluding carboxylic acids is 1. The number of rotatable bonds is 4. The fourth-order valence-electron chi connectivity index (χ4n) is 4.03. The van der Waals surface area contributed by atoms with Crippen molar-refractivity contribution in [2.24, 2.45) is 0 Å². The molecule has 2 N–H and O–H groups in total. The standard InChI is InChI=1S/C20H25N5O/c1-3-21-20-22-11-14(12-23-20)16-10-18(26)24-19-13(2)17(7-6-15(16)19)25-8-4-5-9-25/h6-7,11-12,16H,3-5,8-10H2,1-2H3,(H,24,26)(H,21,22,23). The lowest BCUT2D eigenvalue weighted by atomic mass is 9.84. The first kappa shape index (κ1) is 16.8. The van der Waals surface area contributed by atoms with Gasteiger partial charge in [-0.2, -0.15) is 0 Å². The molecule has 1 unspecified atom stereocenters. The zero-order valence-corrected chi connectivity index (χ0v) is 15.4. The van der Waals surface area contributed by atoms with Crippen molar-refractivity contribution in [1.29, 1.82) is 0 Å². The Bertz CT molecular complexity index is 812. The number of amides is 1. The molecule has 0 spiro atoms. The predicted octanol–water partition coefficient (Wildman–Crippen LogP) is 3.29. The maximum absolute atomic E-state index is 12.4. The highest BCUT2D eigenvalue weighted by atomic mass is 16.1. The molecular weight excluding hydrogens is 326 g/mol. The van der Waals surface area contributed by atoms with E-state index in [1.165, 1.54) is 18.5 Å². The smallest absolute Gasteiger partial charge is 0.225 e. The molecule has 1 saturated heterocycles. The summed E-state index contributed by atoms with van der Waals surface area (Å²) in [6.07, 6.45) is 6.57. The van der Waals surface area contributed by atoms with Gasteiger partial charge in [0.1, 0.15) is 0 Å². The molecule has 1 aromatic heterocycles. The molecule has 0 radical (unpaired) electrons. The SMILES string of the molecule is CCNc1ncc(C2CC(=O)Nc3c2ccc(N2CCCC2)c3C)cn1. The van der Waals surface area contributed by atoms with Crippen molar-refractivity contribution in [3.05, 3.63) is 41.2 Å². The molecule has 136 valence electrons. The molecule has 6 heteroatoms. The Hall–Kier alpha value is -2.63. The van der Waals surface area contributed by atoms with Gasteiger partial charge in [-0.15, -0.1) is 0 Å². The van der Waals surface area contributed by atoms with Crippen LogP contribution in [0, 0.1) is 6.92 Å². The molecule has 26 heavy (non-hydrogen) atoms. The van der Waals surface area contributed by atoms with E-state index in [2.05, 4.69) is 44.6 Å². The number of nitrogens with zero attached hydrogens (tertiary/aromatic N) is 3. The van der Waals surface area contributed by atoms with Crippen molar-refractivity contribution in [3.63, 3.8) is 0 Å². The first-order chi connectivity index (χ1) is 12.7. The summed E-state index contributed by atoms with van der Waals surface area (Å²) in [4.78, 5) is 23.6. The first-order valence-electron chi connectivity index (χ1n) is 9.41. The second-order valence-corrected chi connectivity index (χ2v) is 7.04. The molecule has 1 amide bonds. The molecule has 6 nitrogen and oxygen atoms in total. The van der Waals surface area contributed by atoms with Crippen LogP contribution in [0.5, 0.6) is 0 Å². The van der Waals surface area contributed by atoms with Gasteiger partial charge < -0.3 is 15.5 Å². The molecule has 2 aliphatic rings. The predicted molar refractivity (Wildman–Crippen MR) is 104 cm³/mol. The fourth-order valence-corrected chi connectivity index (χ4v) is 4.03. The fraction of sp³-hybridized carbons (Fsp3) is 0.450. The van der Waals surface area contributed by atoms with E-state index in [0.717, 1.165) is 42.0 Å². The lowest BCUT2D eigenvalue weighted by Crippen LogP contribution is -2.26. The van der Waals surface area contributed by atoms with E-state index < -0.39 is 0 Å². The number of aromatic nitrogens is 2. The van der Waals surface area contributed by atoms with Crippen LogP contribution in [0.1, 0.15) is 48.8 Å². The Morgan fingerprint density at radius 2 is 1.96 bits per heavy atom. The molecule has 1 fully saturated rings. The van der Waals surface area contributed by atoms with Gasteiger partial charge >= 0.3 is 0 Å². The number of hydrogen-bond donors (Lipinski definition) is 2. The summed E-state index contributed by atoms with van der Waals surface area (Å²) in [5.74, 6) is 0.679. The maximum Gasteiger partial charge on any atom is 0.225 e. The number of benzene rings is 1. The molecule has 0 saturated carbocycles. The van der Waals surface area contributed by atoms with E-state index in [9.17, 15) is 4.79 Å². The highest BCUT2D eigenvalue weighted by Crippen LogP contribution is 2.42. The minimum Gasteiger partial charge on any atom is -0.371 e. The minimum atomic E-state index is 0.000699. The van der Waals surface area contributed by atoms with Crippen molar-refractivity contribution < 1.29 is 4.79 Å². The van der Waals surface area contributed by atoms with Crippen LogP contribution in [-0.2, 0) is 4.79 Å². The molecule has 2 aromatic rings. The minimum absolute atomic E-state index is 0.000699. The average molecular weight is 351 g/mol. The van der Waals surface area contributed by atoms with Crippen LogP contribution in [-0.4, -0.2) is 35.5 Å². The van der Waals surface area contributed by atoms with Gasteiger partial charge in [0.25, 0.3) is 0 Å². The van der Waals surface area contributed by atoms with Gasteiger partial charge in [0.2, 0.25) is 11.9 Å². The number of fused-ring (bicyclic) bond motifs is 1. The zero-order valence-electron chi connectivity index (χ0n) is 15.4. The second-order valence-electron chi connectivity index (χ2n) is 7.04. The highest BCUT2D eigenvalue weighted by molar-refractivity contribution is 5.97. The lowest BCUT2D eigenvalue weighted by Gasteiger charge is -2.30. The van der Waals surface area contributed by atoms with Crippen LogP contribution in [0.3, 0.4) is 0 Å². The number of hydrogen-bond acceptors (Lipinski definition) is 5. The maximum atomic E-state index is 12.4. The van der Waals surface area contributed by atoms with Crippen molar-refractivity contribution >= 4 is 23.2 Å². The summed E-state index contributed by atoms with van der Waals surface area (Å²) < 4.78 is 0. The van der Waals surface area contributed by atoms with Gasteiger partial charge in [0.15, 0.2) is 0 Å². The zero-order chi connectivity index (χ0) is 18.1. The quantitative estimate of drug-likeness (QED) is 0.884. The van der Waals surface area contributed by atoms with Gasteiger partial charge in [0.05, 0.1) is 0 Å². The van der Waals surface area contributed by atoms with E-state index in [0.29, 0.717) is 12.4 Å². The van der Waals surface area contributed by atoms with E-state index >= 15 is 0 Å². The van der Waals surface area contributed by atoms with Crippen LogP contribution in [0.2, 0.25) is 0 Å². The molecule has 4 rings (SSSR count). The lowest BCUT2D eigenvalue weighted by molar-refractivity contribution is -0.116.